The van der Waals surface area contributed by atoms with Crippen LogP contribution in [0.1, 0.15) is 10.0 Å². The first-order valence-corrected chi connectivity index (χ1v) is 13.5. The van der Waals surface area contributed by atoms with Crippen LogP contribution in [0.15, 0.2) is 95.7 Å². The summed E-state index contributed by atoms with van der Waals surface area (Å²) in [5, 5.41) is 4.14. The number of aryl methyl sites for hydroxylation is 2. The molecule has 0 spiro atoms. The van der Waals surface area contributed by atoms with Crippen LogP contribution >= 0.6 is 38.6 Å². The van der Waals surface area contributed by atoms with Gasteiger partial charge in [-0.15, -0.1) is 22.7 Å². The minimum absolute atomic E-state index is 0.639. The summed E-state index contributed by atoms with van der Waals surface area (Å²) in [6.45, 7) is 3.98. The SMILES string of the molecule is Brc1cccc(-c2ncccn2)n1.Cc1ncc(-c2cccc(-c3ncccn3)n2)s1.Cc1nccs1. The van der Waals surface area contributed by atoms with Crippen LogP contribution in [0, 0.1) is 13.8 Å². The van der Waals surface area contributed by atoms with Gasteiger partial charge in [-0.1, -0.05) is 12.1 Å². The second-order valence-corrected chi connectivity index (χ2v) is 10.3. The standard InChI is InChI=1S/C13H10N4S.C9H6BrN3.C4H5NS/c1-9-16-8-12(18-9)10-4-2-5-11(17-10)13-14-6-3-7-15-13;10-8-4-1-3-7(13-8)9-11-5-2-6-12-9;1-4-5-2-3-6-4/h2-8H,1H3;1-6H;2-3H,1H3. The van der Waals surface area contributed by atoms with E-state index >= 15 is 0 Å². The Balaban J connectivity index is 0.000000146. The van der Waals surface area contributed by atoms with Crippen LogP contribution in [-0.2, 0) is 0 Å². The van der Waals surface area contributed by atoms with Crippen molar-refractivity contribution in [1.82, 2.24) is 39.9 Å². The Bertz CT molecular complexity index is 1510. The summed E-state index contributed by atoms with van der Waals surface area (Å²) in [4.78, 5) is 34.6. The monoisotopic (exact) mass is 588 g/mol. The predicted molar refractivity (Wildman–Crippen MR) is 151 cm³/mol. The van der Waals surface area contributed by atoms with Gasteiger partial charge < -0.3 is 0 Å². The molecule has 0 bridgehead atoms. The molecule has 0 aromatic carbocycles. The zero-order valence-corrected chi connectivity index (χ0v) is 23.2. The smallest absolute Gasteiger partial charge is 0.178 e. The molecule has 37 heavy (non-hydrogen) atoms. The third kappa shape index (κ3) is 8.10. The van der Waals surface area contributed by atoms with E-state index in [2.05, 4.69) is 55.8 Å². The average Bonchev–Trinajstić information content (AvgIpc) is 3.61. The minimum Gasteiger partial charge on any atom is -0.250 e. The first-order valence-electron chi connectivity index (χ1n) is 11.0. The molecule has 6 heterocycles. The van der Waals surface area contributed by atoms with Gasteiger partial charge in [0.15, 0.2) is 11.6 Å². The molecule has 0 radical (unpaired) electrons. The number of thiazole rings is 2. The zero-order valence-electron chi connectivity index (χ0n) is 19.9. The largest absolute Gasteiger partial charge is 0.250 e. The van der Waals surface area contributed by atoms with Crippen molar-refractivity contribution in [1.29, 1.82) is 0 Å². The molecule has 8 nitrogen and oxygen atoms in total. The Hall–Kier alpha value is -3.80. The molecular weight excluding hydrogens is 568 g/mol. The van der Waals surface area contributed by atoms with E-state index in [9.17, 15) is 0 Å². The van der Waals surface area contributed by atoms with Gasteiger partial charge in [0.05, 0.1) is 20.6 Å². The van der Waals surface area contributed by atoms with Crippen molar-refractivity contribution in [3.8, 4) is 33.6 Å². The van der Waals surface area contributed by atoms with Crippen molar-refractivity contribution in [3.63, 3.8) is 0 Å². The third-order valence-corrected chi connectivity index (χ3v) is 6.56. The van der Waals surface area contributed by atoms with Gasteiger partial charge in [-0.2, -0.15) is 0 Å². The number of rotatable bonds is 3. The van der Waals surface area contributed by atoms with Crippen LogP contribution in [-0.4, -0.2) is 39.9 Å². The molecule has 6 aromatic heterocycles. The van der Waals surface area contributed by atoms with Crippen molar-refractivity contribution in [2.24, 2.45) is 0 Å². The Morgan fingerprint density at radius 2 is 1.19 bits per heavy atom. The molecule has 6 rings (SSSR count). The van der Waals surface area contributed by atoms with E-state index in [0.29, 0.717) is 11.6 Å². The van der Waals surface area contributed by atoms with Crippen molar-refractivity contribution in [3.05, 3.63) is 106 Å². The molecule has 6 aromatic rings. The normalized spacial score (nSPS) is 10.0. The lowest BCUT2D eigenvalue weighted by atomic mass is 10.2. The molecule has 0 saturated carbocycles. The van der Waals surface area contributed by atoms with Crippen LogP contribution in [0.3, 0.4) is 0 Å². The van der Waals surface area contributed by atoms with Crippen LogP contribution < -0.4 is 0 Å². The Morgan fingerprint density at radius 3 is 1.68 bits per heavy atom. The van der Waals surface area contributed by atoms with E-state index in [4.69, 9.17) is 0 Å². The first-order chi connectivity index (χ1) is 18.1. The lowest BCUT2D eigenvalue weighted by molar-refractivity contribution is 1.13. The van der Waals surface area contributed by atoms with Gasteiger partial charge in [0.25, 0.3) is 0 Å². The number of nitrogens with zero attached hydrogens (tertiary/aromatic N) is 8. The van der Waals surface area contributed by atoms with Crippen LogP contribution in [0.25, 0.3) is 33.6 Å². The Kier molecular flexibility index (Phi) is 9.58. The van der Waals surface area contributed by atoms with Crippen molar-refractivity contribution >= 4 is 38.6 Å². The third-order valence-electron chi connectivity index (χ3n) is 4.48. The highest BCUT2D eigenvalue weighted by Crippen LogP contribution is 2.25. The summed E-state index contributed by atoms with van der Waals surface area (Å²) < 4.78 is 0.789. The van der Waals surface area contributed by atoms with Crippen LogP contribution in [0.2, 0.25) is 0 Å². The zero-order chi connectivity index (χ0) is 25.9. The fraction of sp³-hybridized carbons (Fsp3) is 0.0769. The molecule has 0 aliphatic heterocycles. The van der Waals surface area contributed by atoms with E-state index in [1.807, 2.05) is 61.8 Å². The highest BCUT2D eigenvalue weighted by Gasteiger charge is 2.07. The fourth-order valence-corrected chi connectivity index (χ4v) is 4.40. The highest BCUT2D eigenvalue weighted by atomic mass is 79.9. The second-order valence-electron chi connectivity index (χ2n) is 7.19. The molecule has 0 unspecified atom stereocenters. The topological polar surface area (TPSA) is 103 Å². The fourth-order valence-electron chi connectivity index (χ4n) is 2.87. The summed E-state index contributed by atoms with van der Waals surface area (Å²) in [6, 6.07) is 15.1. The molecule has 0 aliphatic rings. The van der Waals surface area contributed by atoms with Gasteiger partial charge in [-0.25, -0.2) is 34.9 Å². The van der Waals surface area contributed by atoms with Gasteiger partial charge in [-0.05, 0) is 66.2 Å². The van der Waals surface area contributed by atoms with Crippen LogP contribution in [0.4, 0.5) is 0 Å². The summed E-state index contributed by atoms with van der Waals surface area (Å²) in [6.07, 6.45) is 10.5. The highest BCUT2D eigenvalue weighted by molar-refractivity contribution is 9.10. The molecule has 0 atom stereocenters. The lowest BCUT2D eigenvalue weighted by Gasteiger charge is -2.00. The molecular formula is C26H21BrN8S2. The van der Waals surface area contributed by atoms with E-state index < -0.39 is 0 Å². The van der Waals surface area contributed by atoms with E-state index in [0.717, 1.165) is 36.6 Å². The maximum Gasteiger partial charge on any atom is 0.178 e. The maximum atomic E-state index is 4.57. The van der Waals surface area contributed by atoms with E-state index in [1.54, 1.807) is 65.8 Å². The molecule has 0 amide bonds. The summed E-state index contributed by atoms with van der Waals surface area (Å²) in [7, 11) is 0. The number of hydrogen-bond donors (Lipinski definition) is 0. The van der Waals surface area contributed by atoms with E-state index in [-0.39, 0.29) is 0 Å². The van der Waals surface area contributed by atoms with Crippen LogP contribution in [0.5, 0.6) is 0 Å². The Labute approximate surface area is 230 Å². The molecule has 11 heteroatoms. The van der Waals surface area contributed by atoms with Gasteiger partial charge in [0, 0.05) is 42.6 Å². The second kappa shape index (κ2) is 13.5. The summed E-state index contributed by atoms with van der Waals surface area (Å²) >= 11 is 6.59. The quantitative estimate of drug-likeness (QED) is 0.210. The molecule has 184 valence electrons. The molecule has 0 aliphatic carbocycles. The summed E-state index contributed by atoms with van der Waals surface area (Å²) in [5.41, 5.74) is 2.46. The maximum absolute atomic E-state index is 4.57. The molecule has 0 saturated heterocycles. The predicted octanol–water partition coefficient (Wildman–Crippen LogP) is 6.72. The number of halogens is 1. The average molecular weight is 590 g/mol. The number of aromatic nitrogens is 8. The minimum atomic E-state index is 0.639. The van der Waals surface area contributed by atoms with Crippen molar-refractivity contribution in [2.45, 2.75) is 13.8 Å². The van der Waals surface area contributed by atoms with Crippen molar-refractivity contribution < 1.29 is 0 Å². The molecule has 0 N–H and O–H groups in total. The van der Waals surface area contributed by atoms with Gasteiger partial charge >= 0.3 is 0 Å². The first kappa shape index (κ1) is 26.3. The van der Waals surface area contributed by atoms with E-state index in [1.165, 1.54) is 0 Å². The van der Waals surface area contributed by atoms with Gasteiger partial charge in [0.2, 0.25) is 0 Å². The van der Waals surface area contributed by atoms with Gasteiger partial charge in [-0.3, -0.25) is 4.98 Å². The molecule has 0 fully saturated rings. The van der Waals surface area contributed by atoms with Crippen molar-refractivity contribution in [2.75, 3.05) is 0 Å². The Morgan fingerprint density at radius 1 is 0.595 bits per heavy atom. The number of pyridine rings is 2. The number of hydrogen-bond acceptors (Lipinski definition) is 10. The summed E-state index contributed by atoms with van der Waals surface area (Å²) in [5.74, 6) is 1.28. The van der Waals surface area contributed by atoms with Gasteiger partial charge in [0.1, 0.15) is 16.0 Å². The lowest BCUT2D eigenvalue weighted by Crippen LogP contribution is -1.91.